The fourth-order valence-corrected chi connectivity index (χ4v) is 8.07. The Morgan fingerprint density at radius 1 is 1.10 bits per heavy atom. The van der Waals surface area contributed by atoms with Crippen molar-refractivity contribution in [2.75, 3.05) is 0 Å². The number of hydrogen-bond acceptors (Lipinski definition) is 2. The molecule has 2 saturated carbocycles. The molecule has 4 aliphatic rings. The maximum absolute atomic E-state index is 12.0. The second-order valence-corrected chi connectivity index (χ2v) is 11.7. The summed E-state index contributed by atoms with van der Waals surface area (Å²) in [5, 5.41) is 11.0. The number of aliphatic hydroxyl groups excluding tert-OH is 1. The van der Waals surface area contributed by atoms with E-state index in [1.165, 1.54) is 44.9 Å². The second kappa shape index (κ2) is 7.66. The first-order valence-electron chi connectivity index (χ1n) is 12.3. The van der Waals surface area contributed by atoms with Crippen LogP contribution in [0.1, 0.15) is 86.0 Å². The Labute approximate surface area is 178 Å². The van der Waals surface area contributed by atoms with Gasteiger partial charge in [-0.05, 0) is 78.3 Å². The van der Waals surface area contributed by atoms with Crippen molar-refractivity contribution in [1.29, 1.82) is 0 Å². The van der Waals surface area contributed by atoms with Crippen molar-refractivity contribution in [3.8, 4) is 0 Å². The van der Waals surface area contributed by atoms with Gasteiger partial charge in [0.15, 0.2) is 5.78 Å². The fraction of sp³-hybridized carbons (Fsp3) is 0.815. The van der Waals surface area contributed by atoms with Gasteiger partial charge in [-0.15, -0.1) is 0 Å². The molecular weight excluding hydrogens is 356 g/mol. The van der Waals surface area contributed by atoms with Crippen LogP contribution in [0.3, 0.4) is 0 Å². The summed E-state index contributed by atoms with van der Waals surface area (Å²) in [7, 11) is 0. The zero-order chi connectivity index (χ0) is 21.0. The van der Waals surface area contributed by atoms with Gasteiger partial charge in [0.05, 0.1) is 6.10 Å². The lowest BCUT2D eigenvalue weighted by molar-refractivity contribution is -0.123. The van der Waals surface area contributed by atoms with Gasteiger partial charge in [0, 0.05) is 11.8 Å². The van der Waals surface area contributed by atoms with Gasteiger partial charge in [-0.1, -0.05) is 66.0 Å². The molecule has 0 bridgehead atoms. The highest BCUT2D eigenvalue weighted by Gasteiger charge is 2.60. The Morgan fingerprint density at radius 3 is 2.59 bits per heavy atom. The van der Waals surface area contributed by atoms with Crippen LogP contribution in [-0.4, -0.2) is 17.0 Å². The van der Waals surface area contributed by atoms with Crippen molar-refractivity contribution < 1.29 is 9.90 Å². The summed E-state index contributed by atoms with van der Waals surface area (Å²) in [6, 6.07) is 0. The molecule has 4 aliphatic carbocycles. The molecule has 0 saturated heterocycles. The molecule has 0 amide bonds. The lowest BCUT2D eigenvalue weighted by Gasteiger charge is -2.57. The van der Waals surface area contributed by atoms with E-state index in [4.69, 9.17) is 0 Å². The van der Waals surface area contributed by atoms with Crippen molar-refractivity contribution >= 4 is 5.78 Å². The molecule has 8 atom stereocenters. The molecule has 2 fully saturated rings. The Hall–Kier alpha value is -0.890. The van der Waals surface area contributed by atoms with E-state index >= 15 is 0 Å². The van der Waals surface area contributed by atoms with E-state index < -0.39 is 6.10 Å². The molecule has 0 heterocycles. The third-order valence-electron chi connectivity index (χ3n) is 9.83. The number of carbonyl (C=O) groups is 1. The molecule has 29 heavy (non-hydrogen) atoms. The summed E-state index contributed by atoms with van der Waals surface area (Å²) in [5.74, 6) is 4.34. The smallest absolute Gasteiger partial charge is 0.158 e. The van der Waals surface area contributed by atoms with Crippen LogP contribution in [0.15, 0.2) is 23.8 Å². The third kappa shape index (κ3) is 3.38. The number of rotatable bonds is 5. The summed E-state index contributed by atoms with van der Waals surface area (Å²) in [4.78, 5) is 12.0. The van der Waals surface area contributed by atoms with E-state index in [9.17, 15) is 9.90 Å². The van der Waals surface area contributed by atoms with Crippen LogP contribution in [0.25, 0.3) is 0 Å². The van der Waals surface area contributed by atoms with Gasteiger partial charge in [0.2, 0.25) is 0 Å². The Morgan fingerprint density at radius 2 is 1.86 bits per heavy atom. The molecule has 0 radical (unpaired) electrons. The van der Waals surface area contributed by atoms with Gasteiger partial charge in [-0.25, -0.2) is 0 Å². The van der Waals surface area contributed by atoms with Crippen molar-refractivity contribution in [2.45, 2.75) is 92.1 Å². The predicted octanol–water partition coefficient (Wildman–Crippen LogP) is 6.34. The Bertz CT molecular complexity index is 703. The van der Waals surface area contributed by atoms with E-state index in [1.54, 1.807) is 0 Å². The third-order valence-corrected chi connectivity index (χ3v) is 9.83. The standard InChI is InChI=1S/C27H42O2/c1-17(2)7-6-8-18(3)22-11-12-23-21-10-9-19-15-20(28)16-25(29)27(19,5)24(21)13-14-26(22,23)4/h9-10,15,17-18,21-25,29H,6-8,11-14,16H2,1-5H3/t18-,21+,22-,23+,24+,25+,26-,27+/m1/s1. The van der Waals surface area contributed by atoms with Crippen LogP contribution in [0.4, 0.5) is 0 Å². The fourth-order valence-electron chi connectivity index (χ4n) is 8.07. The Kier molecular flexibility index (Phi) is 5.64. The molecule has 0 aromatic rings. The van der Waals surface area contributed by atoms with Crippen molar-refractivity contribution in [3.05, 3.63) is 23.8 Å². The quantitative estimate of drug-likeness (QED) is 0.586. The SMILES string of the molecule is CC(C)CCC[C@@H](C)[C@H]1CC[C@H]2[C@@H]3C=CC4=CC(=O)C[C@H](O)[C@]4(C)[C@H]3CC[C@]12C. The maximum atomic E-state index is 12.0. The zero-order valence-electron chi connectivity index (χ0n) is 19.3. The number of allylic oxidation sites excluding steroid dienone is 3. The largest absolute Gasteiger partial charge is 0.392 e. The monoisotopic (exact) mass is 398 g/mol. The van der Waals surface area contributed by atoms with Gasteiger partial charge in [-0.3, -0.25) is 4.79 Å². The zero-order valence-corrected chi connectivity index (χ0v) is 19.3. The van der Waals surface area contributed by atoms with Gasteiger partial charge in [0.1, 0.15) is 0 Å². The summed E-state index contributed by atoms with van der Waals surface area (Å²) in [5.41, 5.74) is 1.29. The van der Waals surface area contributed by atoms with E-state index in [0.29, 0.717) is 23.7 Å². The average Bonchev–Trinajstić information content (AvgIpc) is 3.00. The minimum Gasteiger partial charge on any atom is -0.392 e. The minimum atomic E-state index is -0.524. The van der Waals surface area contributed by atoms with Crippen molar-refractivity contribution in [3.63, 3.8) is 0 Å². The summed E-state index contributed by atoms with van der Waals surface area (Å²) in [6.07, 6.45) is 15.5. The minimum absolute atomic E-state index is 0.0878. The van der Waals surface area contributed by atoms with E-state index in [2.05, 4.69) is 46.8 Å². The molecule has 0 aromatic heterocycles. The van der Waals surface area contributed by atoms with E-state index in [0.717, 1.165) is 29.2 Å². The number of hydrogen-bond donors (Lipinski definition) is 1. The predicted molar refractivity (Wildman–Crippen MR) is 119 cm³/mol. The molecule has 2 heteroatoms. The van der Waals surface area contributed by atoms with Crippen LogP contribution in [0.5, 0.6) is 0 Å². The van der Waals surface area contributed by atoms with Crippen molar-refractivity contribution in [1.82, 2.24) is 0 Å². The van der Waals surface area contributed by atoms with Crippen LogP contribution in [0, 0.1) is 46.3 Å². The molecule has 162 valence electrons. The highest BCUT2D eigenvalue weighted by Crippen LogP contribution is 2.66. The molecule has 2 nitrogen and oxygen atoms in total. The van der Waals surface area contributed by atoms with Crippen molar-refractivity contribution in [2.24, 2.45) is 46.3 Å². The highest BCUT2D eigenvalue weighted by atomic mass is 16.3. The number of carbonyl (C=O) groups excluding carboxylic acids is 1. The van der Waals surface area contributed by atoms with Crippen LogP contribution < -0.4 is 0 Å². The maximum Gasteiger partial charge on any atom is 0.158 e. The molecule has 4 rings (SSSR count). The second-order valence-electron chi connectivity index (χ2n) is 11.7. The lowest BCUT2D eigenvalue weighted by Crippen LogP contribution is -2.54. The normalized spacial score (nSPS) is 44.9. The Balaban J connectivity index is 1.55. The molecule has 0 aromatic carbocycles. The first-order chi connectivity index (χ1) is 13.7. The van der Waals surface area contributed by atoms with Crippen LogP contribution >= 0.6 is 0 Å². The molecule has 0 spiro atoms. The van der Waals surface area contributed by atoms with Gasteiger partial charge < -0.3 is 5.11 Å². The lowest BCUT2D eigenvalue weighted by atomic mass is 9.47. The van der Waals surface area contributed by atoms with E-state index in [-0.39, 0.29) is 11.2 Å². The molecule has 0 unspecified atom stereocenters. The van der Waals surface area contributed by atoms with Gasteiger partial charge >= 0.3 is 0 Å². The highest BCUT2D eigenvalue weighted by molar-refractivity contribution is 5.93. The summed E-state index contributed by atoms with van der Waals surface area (Å²) in [6.45, 7) is 12.0. The topological polar surface area (TPSA) is 37.3 Å². The average molecular weight is 399 g/mol. The number of ketones is 1. The molecular formula is C27H42O2. The van der Waals surface area contributed by atoms with Crippen LogP contribution in [-0.2, 0) is 4.79 Å². The number of fused-ring (bicyclic) bond motifs is 5. The van der Waals surface area contributed by atoms with Crippen LogP contribution in [0.2, 0.25) is 0 Å². The first-order valence-corrected chi connectivity index (χ1v) is 12.3. The first kappa shape index (κ1) is 21.3. The van der Waals surface area contributed by atoms with Gasteiger partial charge in [-0.2, -0.15) is 0 Å². The number of aliphatic hydroxyl groups is 1. The van der Waals surface area contributed by atoms with E-state index in [1.807, 2.05) is 6.08 Å². The summed E-state index contributed by atoms with van der Waals surface area (Å²) >= 11 is 0. The summed E-state index contributed by atoms with van der Waals surface area (Å²) < 4.78 is 0. The molecule has 0 aliphatic heterocycles. The van der Waals surface area contributed by atoms with Gasteiger partial charge in [0.25, 0.3) is 0 Å². The molecule has 1 N–H and O–H groups in total.